The Balaban J connectivity index is 2.14. The molecule has 168 valence electrons. The van der Waals surface area contributed by atoms with Gasteiger partial charge >= 0.3 is 0 Å². The topological polar surface area (TPSA) is 87.7 Å². The van der Waals surface area contributed by atoms with Crippen LogP contribution in [0.4, 0.5) is 0 Å². The molecule has 0 aliphatic carbocycles. The largest absolute Gasteiger partial charge is 0.496 e. The van der Waals surface area contributed by atoms with Crippen LogP contribution in [0.5, 0.6) is 5.75 Å². The zero-order chi connectivity index (χ0) is 22.6. The van der Waals surface area contributed by atoms with Crippen molar-refractivity contribution in [3.8, 4) is 5.75 Å². The Kier molecular flexibility index (Phi) is 7.26. The predicted octanol–water partition coefficient (Wildman–Crippen LogP) is 2.62. The molecule has 1 amide bonds. The standard InChI is InChI=1S/C22H28ClN3O4S/c1-26(2)31(28,29)21(25-20(27)18-9-4-5-10-19(18)30-3)22(11-13-24-14-12-22)16-7-6-8-17(23)15-16/h4-10,15,21,24H,11-14H2,1-3H3,(H,25,27). The third kappa shape index (κ3) is 4.72. The number of nitrogens with zero attached hydrogens (tertiary/aromatic N) is 1. The molecule has 1 unspecified atom stereocenters. The molecule has 0 radical (unpaired) electrons. The first-order valence-electron chi connectivity index (χ1n) is 10.0. The highest BCUT2D eigenvalue weighted by Crippen LogP contribution is 2.40. The van der Waals surface area contributed by atoms with Crippen LogP contribution in [0.3, 0.4) is 0 Å². The zero-order valence-corrected chi connectivity index (χ0v) is 19.5. The normalized spacial score (nSPS) is 17.2. The van der Waals surface area contributed by atoms with Gasteiger partial charge < -0.3 is 15.4 Å². The molecule has 2 N–H and O–H groups in total. The highest BCUT2D eigenvalue weighted by atomic mass is 35.5. The van der Waals surface area contributed by atoms with E-state index in [0.717, 1.165) is 9.87 Å². The van der Waals surface area contributed by atoms with Gasteiger partial charge in [0.1, 0.15) is 5.75 Å². The number of halogens is 1. The fraction of sp³-hybridized carbons (Fsp3) is 0.409. The van der Waals surface area contributed by atoms with Crippen molar-refractivity contribution in [2.24, 2.45) is 0 Å². The van der Waals surface area contributed by atoms with Crippen LogP contribution in [0.2, 0.25) is 5.02 Å². The van der Waals surface area contributed by atoms with Gasteiger partial charge in [-0.1, -0.05) is 35.9 Å². The molecular formula is C22H28ClN3O4S. The van der Waals surface area contributed by atoms with Crippen molar-refractivity contribution < 1.29 is 17.9 Å². The number of ether oxygens (including phenoxy) is 1. The summed E-state index contributed by atoms with van der Waals surface area (Å²) in [7, 11) is 0.535. The molecule has 0 aromatic heterocycles. The number of hydrogen-bond acceptors (Lipinski definition) is 5. The van der Waals surface area contributed by atoms with Gasteiger partial charge in [0.2, 0.25) is 10.0 Å². The number of carbonyl (C=O) groups is 1. The van der Waals surface area contributed by atoms with Crippen molar-refractivity contribution in [1.29, 1.82) is 0 Å². The number of methoxy groups -OCH3 is 1. The maximum atomic E-state index is 13.5. The lowest BCUT2D eigenvalue weighted by atomic mass is 9.72. The summed E-state index contributed by atoms with van der Waals surface area (Å²) in [5.74, 6) is -0.129. The molecule has 1 fully saturated rings. The van der Waals surface area contributed by atoms with Crippen LogP contribution in [0, 0.1) is 0 Å². The SMILES string of the molecule is COc1ccccc1C(=O)NC(C1(c2cccc(Cl)c2)CCNCC1)S(=O)(=O)N(C)C. The van der Waals surface area contributed by atoms with Gasteiger partial charge in [0.05, 0.1) is 12.7 Å². The molecule has 7 nitrogen and oxygen atoms in total. The molecule has 3 rings (SSSR count). The molecule has 1 saturated heterocycles. The van der Waals surface area contributed by atoms with Gasteiger partial charge in [-0.15, -0.1) is 0 Å². The number of benzene rings is 2. The van der Waals surface area contributed by atoms with Gasteiger partial charge in [-0.2, -0.15) is 0 Å². The number of piperidine rings is 1. The first-order chi connectivity index (χ1) is 14.7. The molecule has 1 heterocycles. The van der Waals surface area contributed by atoms with Crippen LogP contribution in [-0.4, -0.2) is 58.3 Å². The minimum atomic E-state index is -3.89. The van der Waals surface area contributed by atoms with E-state index < -0.39 is 26.7 Å². The van der Waals surface area contributed by atoms with Gasteiger partial charge in [-0.25, -0.2) is 12.7 Å². The summed E-state index contributed by atoms with van der Waals surface area (Å²) in [5.41, 5.74) is 0.216. The van der Waals surface area contributed by atoms with Gasteiger partial charge in [0, 0.05) is 24.5 Å². The highest BCUT2D eigenvalue weighted by molar-refractivity contribution is 7.89. The summed E-state index contributed by atoms with van der Waals surface area (Å²) in [6, 6.07) is 14.0. The number of sulfonamides is 1. The van der Waals surface area contributed by atoms with E-state index in [2.05, 4.69) is 10.6 Å². The van der Waals surface area contributed by atoms with Crippen molar-refractivity contribution >= 4 is 27.5 Å². The van der Waals surface area contributed by atoms with E-state index in [4.69, 9.17) is 16.3 Å². The molecule has 0 spiro atoms. The van der Waals surface area contributed by atoms with E-state index in [1.807, 2.05) is 12.1 Å². The second-order valence-electron chi connectivity index (χ2n) is 7.80. The Bertz CT molecular complexity index is 1040. The van der Waals surface area contributed by atoms with E-state index in [-0.39, 0.29) is 5.56 Å². The minimum absolute atomic E-state index is 0.277. The molecule has 1 atom stereocenters. The summed E-state index contributed by atoms with van der Waals surface area (Å²) in [6.45, 7) is 1.24. The lowest BCUT2D eigenvalue weighted by Crippen LogP contribution is -2.60. The Morgan fingerprint density at radius 3 is 2.45 bits per heavy atom. The van der Waals surface area contributed by atoms with Crippen molar-refractivity contribution in [3.63, 3.8) is 0 Å². The zero-order valence-electron chi connectivity index (χ0n) is 17.9. The van der Waals surface area contributed by atoms with Crippen molar-refractivity contribution in [2.45, 2.75) is 23.6 Å². The monoisotopic (exact) mass is 465 g/mol. The summed E-state index contributed by atoms with van der Waals surface area (Å²) >= 11 is 6.27. The molecule has 1 aliphatic heterocycles. The number of carbonyl (C=O) groups excluding carboxylic acids is 1. The average Bonchev–Trinajstić information content (AvgIpc) is 2.77. The second-order valence-corrected chi connectivity index (χ2v) is 10.5. The van der Waals surface area contributed by atoms with E-state index in [1.54, 1.807) is 36.4 Å². The lowest BCUT2D eigenvalue weighted by Gasteiger charge is -2.44. The summed E-state index contributed by atoms with van der Waals surface area (Å²) in [6.07, 6.45) is 1.05. The van der Waals surface area contributed by atoms with Crippen LogP contribution in [0.15, 0.2) is 48.5 Å². The molecule has 31 heavy (non-hydrogen) atoms. The third-order valence-corrected chi connectivity index (χ3v) is 8.24. The number of nitrogens with one attached hydrogen (secondary N) is 2. The first-order valence-corrected chi connectivity index (χ1v) is 11.9. The fourth-order valence-corrected chi connectivity index (χ4v) is 5.92. The smallest absolute Gasteiger partial charge is 0.256 e. The Morgan fingerprint density at radius 2 is 1.84 bits per heavy atom. The third-order valence-electron chi connectivity index (χ3n) is 5.82. The van der Waals surface area contributed by atoms with E-state index in [9.17, 15) is 13.2 Å². The summed E-state index contributed by atoms with van der Waals surface area (Å²) < 4.78 is 33.5. The number of rotatable bonds is 7. The molecule has 0 saturated carbocycles. The van der Waals surface area contributed by atoms with Gasteiger partial charge in [-0.05, 0) is 55.8 Å². The average molecular weight is 466 g/mol. The van der Waals surface area contributed by atoms with E-state index in [0.29, 0.717) is 36.7 Å². The summed E-state index contributed by atoms with van der Waals surface area (Å²) in [4.78, 5) is 13.3. The van der Waals surface area contributed by atoms with Gasteiger partial charge in [0.15, 0.2) is 5.37 Å². The van der Waals surface area contributed by atoms with Crippen LogP contribution in [-0.2, 0) is 15.4 Å². The van der Waals surface area contributed by atoms with Gasteiger partial charge in [-0.3, -0.25) is 4.79 Å². The molecule has 9 heteroatoms. The molecule has 0 bridgehead atoms. The molecule has 1 aliphatic rings. The highest BCUT2D eigenvalue weighted by Gasteiger charge is 2.50. The Morgan fingerprint density at radius 1 is 1.16 bits per heavy atom. The maximum absolute atomic E-state index is 13.5. The van der Waals surface area contributed by atoms with Crippen LogP contribution in [0.25, 0.3) is 0 Å². The van der Waals surface area contributed by atoms with E-state index in [1.165, 1.54) is 21.2 Å². The lowest BCUT2D eigenvalue weighted by molar-refractivity contribution is 0.0921. The van der Waals surface area contributed by atoms with Crippen molar-refractivity contribution in [1.82, 2.24) is 14.9 Å². The molecular weight excluding hydrogens is 438 g/mol. The minimum Gasteiger partial charge on any atom is -0.496 e. The number of amides is 1. The van der Waals surface area contributed by atoms with Crippen LogP contribution < -0.4 is 15.4 Å². The summed E-state index contributed by atoms with van der Waals surface area (Å²) in [5, 5.41) is 5.46. The van der Waals surface area contributed by atoms with Gasteiger partial charge in [0.25, 0.3) is 5.91 Å². The number of hydrogen-bond donors (Lipinski definition) is 2. The quantitative estimate of drug-likeness (QED) is 0.656. The van der Waals surface area contributed by atoms with Crippen molar-refractivity contribution in [2.75, 3.05) is 34.3 Å². The second kappa shape index (κ2) is 9.56. The first kappa shape index (κ1) is 23.5. The number of para-hydroxylation sites is 1. The Hall–Kier alpha value is -2.13. The molecule has 2 aromatic carbocycles. The van der Waals surface area contributed by atoms with Crippen LogP contribution in [0.1, 0.15) is 28.8 Å². The van der Waals surface area contributed by atoms with Crippen molar-refractivity contribution in [3.05, 3.63) is 64.7 Å². The maximum Gasteiger partial charge on any atom is 0.256 e. The molecule has 2 aromatic rings. The predicted molar refractivity (Wildman–Crippen MR) is 122 cm³/mol. The van der Waals surface area contributed by atoms with Crippen LogP contribution >= 0.6 is 11.6 Å². The fourth-order valence-electron chi connectivity index (χ4n) is 4.11. The van der Waals surface area contributed by atoms with E-state index >= 15 is 0 Å². The Labute approximate surface area is 188 Å².